The van der Waals surface area contributed by atoms with Gasteiger partial charge in [-0.3, -0.25) is 4.57 Å². The normalized spacial score (nSPS) is 12.0. The van der Waals surface area contributed by atoms with Crippen LogP contribution in [0.3, 0.4) is 0 Å². The van der Waals surface area contributed by atoms with Crippen LogP contribution in [0.1, 0.15) is 25.3 Å². The maximum atomic E-state index is 5.00. The third kappa shape index (κ3) is 5.28. The van der Waals surface area contributed by atoms with Crippen LogP contribution < -0.4 is 14.9 Å². The molecular formula is C47H41N4Si+. The van der Waals surface area contributed by atoms with Crippen LogP contribution in [0.4, 0.5) is 0 Å². The molecule has 0 saturated heterocycles. The highest BCUT2D eigenvalue weighted by Gasteiger charge is 2.29. The Hall–Kier alpha value is -6.04. The molecular weight excluding hydrogens is 649 g/mol. The molecule has 0 aliphatic carbocycles. The fourth-order valence-corrected chi connectivity index (χ4v) is 10.3. The summed E-state index contributed by atoms with van der Waals surface area (Å²) < 4.78 is 6.97. The zero-order chi connectivity index (χ0) is 35.4. The van der Waals surface area contributed by atoms with E-state index < -0.39 is 8.07 Å². The van der Waals surface area contributed by atoms with Gasteiger partial charge in [-0.05, 0) is 83.3 Å². The predicted octanol–water partition coefficient (Wildman–Crippen LogP) is 10.0. The van der Waals surface area contributed by atoms with E-state index in [0.717, 1.165) is 11.5 Å². The Balaban J connectivity index is 1.17. The highest BCUT2D eigenvalue weighted by molar-refractivity contribution is 7.00. The summed E-state index contributed by atoms with van der Waals surface area (Å²) in [5, 5.41) is 5.27. The molecule has 0 aliphatic heterocycles. The second kappa shape index (κ2) is 12.6. The van der Waals surface area contributed by atoms with Gasteiger partial charge in [-0.25, -0.2) is 4.98 Å². The van der Waals surface area contributed by atoms with Gasteiger partial charge in [0, 0.05) is 17.0 Å². The Morgan fingerprint density at radius 2 is 1.31 bits per heavy atom. The Kier molecular flexibility index (Phi) is 7.74. The molecule has 252 valence electrons. The van der Waals surface area contributed by atoms with Crippen LogP contribution in [0.2, 0.25) is 13.1 Å². The van der Waals surface area contributed by atoms with Crippen molar-refractivity contribution in [3.05, 3.63) is 176 Å². The van der Waals surface area contributed by atoms with Gasteiger partial charge >= 0.3 is 0 Å². The van der Waals surface area contributed by atoms with Crippen LogP contribution >= 0.6 is 0 Å². The number of hydrogen-bond acceptors (Lipinski definition) is 1. The number of benzene rings is 6. The molecule has 0 N–H and O–H groups in total. The second-order valence-corrected chi connectivity index (χ2v) is 19.0. The average molecular weight is 690 g/mol. The van der Waals surface area contributed by atoms with E-state index in [1.54, 1.807) is 0 Å². The maximum Gasteiger partial charge on any atom is 0.255 e. The number of nitrogens with zero attached hydrogens (tertiary/aromatic N) is 4. The van der Waals surface area contributed by atoms with Gasteiger partial charge in [0.15, 0.2) is 11.0 Å². The first-order valence-electron chi connectivity index (χ1n) is 18.2. The van der Waals surface area contributed by atoms with Crippen molar-refractivity contribution >= 4 is 51.3 Å². The first-order chi connectivity index (χ1) is 25.4. The van der Waals surface area contributed by atoms with Gasteiger partial charge in [0.1, 0.15) is 25.3 Å². The fraction of sp³-hybridized carbons (Fsp3) is 0.106. The van der Waals surface area contributed by atoms with Crippen LogP contribution in [0.15, 0.2) is 170 Å². The molecule has 0 saturated carbocycles. The number of fused-ring (bicyclic) bond motifs is 4. The van der Waals surface area contributed by atoms with Crippen molar-refractivity contribution in [1.82, 2.24) is 14.1 Å². The summed E-state index contributed by atoms with van der Waals surface area (Å²) in [6.07, 6.45) is 4.18. The van der Waals surface area contributed by atoms with E-state index in [-0.39, 0.29) is 0 Å². The van der Waals surface area contributed by atoms with Crippen molar-refractivity contribution < 1.29 is 4.57 Å². The van der Waals surface area contributed by atoms with Crippen LogP contribution in [0.25, 0.3) is 61.2 Å². The standard InChI is InChI=1S/C47H41N4Si/c1-33(2)39-19-8-9-20-40(39)34-27-28-48-47(29-34)51-43-22-11-10-21-41(43)42-26-25-38(31-46(42)51)52(3,4)37-18-14-17-36(30-37)50-32-49(35-15-6-5-7-16-35)44-23-12-13-24-45(44)50/h5-33H,1-4H3/q+1. The maximum absolute atomic E-state index is 5.00. The first-order valence-corrected chi connectivity index (χ1v) is 21.2. The van der Waals surface area contributed by atoms with Gasteiger partial charge in [0.05, 0.1) is 11.0 Å². The zero-order valence-electron chi connectivity index (χ0n) is 30.0. The molecule has 0 bridgehead atoms. The number of imidazole rings is 1. The van der Waals surface area contributed by atoms with Gasteiger partial charge in [-0.2, -0.15) is 9.13 Å². The number of rotatable bonds is 7. The molecule has 52 heavy (non-hydrogen) atoms. The summed E-state index contributed by atoms with van der Waals surface area (Å²) in [5.74, 6) is 1.36. The van der Waals surface area contributed by atoms with E-state index in [1.165, 1.54) is 65.6 Å². The average Bonchev–Trinajstić information content (AvgIpc) is 3.74. The van der Waals surface area contributed by atoms with Crippen LogP contribution in [-0.2, 0) is 0 Å². The Labute approximate surface area is 305 Å². The van der Waals surface area contributed by atoms with Crippen molar-refractivity contribution in [1.29, 1.82) is 0 Å². The van der Waals surface area contributed by atoms with Crippen molar-refractivity contribution in [3.63, 3.8) is 0 Å². The van der Waals surface area contributed by atoms with E-state index in [1.807, 2.05) is 6.20 Å². The van der Waals surface area contributed by atoms with Gasteiger partial charge in [-0.15, -0.1) is 0 Å². The molecule has 3 aromatic heterocycles. The lowest BCUT2D eigenvalue weighted by Gasteiger charge is -2.24. The lowest BCUT2D eigenvalue weighted by atomic mass is 9.93. The summed E-state index contributed by atoms with van der Waals surface area (Å²) in [5.41, 5.74) is 10.8. The smallest absolute Gasteiger partial charge is 0.255 e. The SMILES string of the molecule is CC(C)c1ccccc1-c1ccnc(-n2c3ccccc3c3ccc([Si](C)(C)c4cccc(-n5c[n+](-c6ccccc6)c6ccccc65)c4)cc32)c1. The van der Waals surface area contributed by atoms with E-state index in [4.69, 9.17) is 4.98 Å². The highest BCUT2D eigenvalue weighted by atomic mass is 28.3. The van der Waals surface area contributed by atoms with Gasteiger partial charge in [0.25, 0.3) is 6.33 Å². The molecule has 3 heterocycles. The fourth-order valence-electron chi connectivity index (χ4n) is 7.90. The lowest BCUT2D eigenvalue weighted by molar-refractivity contribution is -0.567. The molecule has 0 unspecified atom stereocenters. The number of pyridine rings is 1. The monoisotopic (exact) mass is 689 g/mol. The molecule has 5 heteroatoms. The topological polar surface area (TPSA) is 26.6 Å². The second-order valence-electron chi connectivity index (χ2n) is 14.6. The first kappa shape index (κ1) is 31.9. The lowest BCUT2D eigenvalue weighted by Crippen LogP contribution is -2.52. The Bertz CT molecular complexity index is 2750. The molecule has 0 atom stereocenters. The highest BCUT2D eigenvalue weighted by Crippen LogP contribution is 2.34. The molecule has 0 amide bonds. The van der Waals surface area contributed by atoms with Crippen LogP contribution in [0.5, 0.6) is 0 Å². The summed E-state index contributed by atoms with van der Waals surface area (Å²) >= 11 is 0. The zero-order valence-corrected chi connectivity index (χ0v) is 31.0. The van der Waals surface area contributed by atoms with E-state index >= 15 is 0 Å². The third-order valence-electron chi connectivity index (χ3n) is 10.8. The predicted molar refractivity (Wildman–Crippen MR) is 220 cm³/mol. The quantitative estimate of drug-likeness (QED) is 0.121. The Morgan fingerprint density at radius 3 is 2.15 bits per heavy atom. The minimum absolute atomic E-state index is 0.426. The summed E-state index contributed by atoms with van der Waals surface area (Å²) in [7, 11) is -2.17. The van der Waals surface area contributed by atoms with Gasteiger partial charge in [0.2, 0.25) is 0 Å². The van der Waals surface area contributed by atoms with Crippen LogP contribution in [-0.4, -0.2) is 22.2 Å². The van der Waals surface area contributed by atoms with E-state index in [9.17, 15) is 0 Å². The largest absolute Gasteiger partial charge is 0.294 e. The number of aromatic nitrogens is 4. The minimum atomic E-state index is -2.17. The molecule has 0 aliphatic rings. The van der Waals surface area contributed by atoms with Crippen molar-refractivity contribution in [3.8, 4) is 28.3 Å². The van der Waals surface area contributed by atoms with Gasteiger partial charge in [-0.1, -0.05) is 134 Å². The number of para-hydroxylation sites is 4. The summed E-state index contributed by atoms with van der Waals surface area (Å²) in [6.45, 7) is 9.47. The summed E-state index contributed by atoms with van der Waals surface area (Å²) in [4.78, 5) is 5.00. The van der Waals surface area contributed by atoms with E-state index in [0.29, 0.717) is 5.92 Å². The van der Waals surface area contributed by atoms with Crippen molar-refractivity contribution in [2.45, 2.75) is 32.9 Å². The van der Waals surface area contributed by atoms with Gasteiger partial charge < -0.3 is 0 Å². The number of hydrogen-bond donors (Lipinski definition) is 0. The third-order valence-corrected chi connectivity index (χ3v) is 14.3. The van der Waals surface area contributed by atoms with E-state index in [2.05, 4.69) is 205 Å². The van der Waals surface area contributed by atoms with Crippen molar-refractivity contribution in [2.75, 3.05) is 0 Å². The van der Waals surface area contributed by atoms with Crippen LogP contribution in [0, 0.1) is 0 Å². The minimum Gasteiger partial charge on any atom is -0.294 e. The molecule has 0 spiro atoms. The molecule has 6 aromatic carbocycles. The molecule has 0 fully saturated rings. The molecule has 9 aromatic rings. The molecule has 9 rings (SSSR count). The Morgan fingerprint density at radius 1 is 0.596 bits per heavy atom. The molecule has 0 radical (unpaired) electrons. The summed E-state index contributed by atoms with van der Waals surface area (Å²) in [6, 6.07) is 57.4. The molecule has 4 nitrogen and oxygen atoms in total. The van der Waals surface area contributed by atoms with Crippen molar-refractivity contribution in [2.24, 2.45) is 0 Å².